The summed E-state index contributed by atoms with van der Waals surface area (Å²) in [5.41, 5.74) is 5.19. The van der Waals surface area contributed by atoms with E-state index in [-0.39, 0.29) is 17.2 Å². The number of amides is 1. The van der Waals surface area contributed by atoms with Crippen LogP contribution in [-0.2, 0) is 10.2 Å². The van der Waals surface area contributed by atoms with Gasteiger partial charge in [0.25, 0.3) is 0 Å². The van der Waals surface area contributed by atoms with Crippen LogP contribution in [0.15, 0.2) is 4.42 Å². The van der Waals surface area contributed by atoms with Crippen molar-refractivity contribution >= 4 is 11.9 Å². The highest BCUT2D eigenvalue weighted by Gasteiger charge is 2.28. The summed E-state index contributed by atoms with van der Waals surface area (Å²) < 4.78 is 5.67. The topological polar surface area (TPSA) is 85.3 Å². The highest BCUT2D eigenvalue weighted by Crippen LogP contribution is 2.26. The van der Waals surface area contributed by atoms with Crippen molar-refractivity contribution < 1.29 is 9.21 Å². The zero-order chi connectivity index (χ0) is 13.3. The van der Waals surface area contributed by atoms with Gasteiger partial charge in [0.15, 0.2) is 0 Å². The number of nitrogens with two attached hydrogens (primary N) is 1. The molecule has 1 aromatic heterocycles. The number of anilines is 1. The van der Waals surface area contributed by atoms with Crippen molar-refractivity contribution in [1.29, 1.82) is 0 Å². The van der Waals surface area contributed by atoms with Crippen LogP contribution in [0.2, 0.25) is 0 Å². The van der Waals surface area contributed by atoms with Crippen LogP contribution in [0.1, 0.15) is 39.5 Å². The molecule has 1 atom stereocenters. The van der Waals surface area contributed by atoms with Crippen LogP contribution in [0.4, 0.5) is 6.01 Å². The monoisotopic (exact) mass is 252 g/mol. The van der Waals surface area contributed by atoms with Crippen molar-refractivity contribution in [2.24, 2.45) is 11.7 Å². The highest BCUT2D eigenvalue weighted by molar-refractivity contribution is 5.77. The summed E-state index contributed by atoms with van der Waals surface area (Å²) >= 11 is 0. The van der Waals surface area contributed by atoms with Crippen LogP contribution >= 0.6 is 0 Å². The largest absolute Gasteiger partial charge is 0.407 e. The molecule has 0 spiro atoms. The number of primary amides is 1. The molecule has 6 heteroatoms. The number of carbonyl (C=O) groups excluding carboxylic acids is 1. The molecule has 1 amide bonds. The quantitative estimate of drug-likeness (QED) is 0.851. The van der Waals surface area contributed by atoms with Gasteiger partial charge in [-0.25, -0.2) is 0 Å². The third-order valence-corrected chi connectivity index (χ3v) is 3.15. The lowest BCUT2D eigenvalue weighted by Crippen LogP contribution is -2.41. The second-order valence-electron chi connectivity index (χ2n) is 5.83. The Hall–Kier alpha value is -1.59. The smallest absolute Gasteiger partial charge is 0.318 e. The summed E-state index contributed by atoms with van der Waals surface area (Å²) in [5.74, 6) is 0.234. The Balaban J connectivity index is 2.12. The Labute approximate surface area is 107 Å². The number of hydrogen-bond donors (Lipinski definition) is 1. The van der Waals surface area contributed by atoms with Gasteiger partial charge in [-0.15, -0.1) is 5.10 Å². The third kappa shape index (κ3) is 2.63. The lowest BCUT2D eigenvalue weighted by Gasteiger charge is -2.29. The first-order valence-electron chi connectivity index (χ1n) is 6.26. The Bertz CT molecular complexity index is 436. The second-order valence-corrected chi connectivity index (χ2v) is 5.83. The molecule has 0 aromatic carbocycles. The van der Waals surface area contributed by atoms with Crippen molar-refractivity contribution in [3.8, 4) is 0 Å². The predicted octanol–water partition coefficient (Wildman–Crippen LogP) is 1.07. The van der Waals surface area contributed by atoms with E-state index < -0.39 is 0 Å². The summed E-state index contributed by atoms with van der Waals surface area (Å²) in [6, 6.07) is 0.492. The van der Waals surface area contributed by atoms with Gasteiger partial charge in [-0.05, 0) is 12.8 Å². The van der Waals surface area contributed by atoms with Gasteiger partial charge in [0.2, 0.25) is 11.8 Å². The Morgan fingerprint density at radius 1 is 1.44 bits per heavy atom. The van der Waals surface area contributed by atoms with Crippen molar-refractivity contribution in [2.45, 2.75) is 39.0 Å². The standard InChI is InChI=1S/C12H20N4O2/c1-12(2,3)10-14-15-11(18-10)16-6-4-5-8(7-16)9(13)17/h8H,4-7H2,1-3H3,(H2,13,17)/t8-/m1/s1. The Kier molecular flexibility index (Phi) is 3.28. The number of piperidine rings is 1. The molecule has 100 valence electrons. The number of rotatable bonds is 2. The first kappa shape index (κ1) is 12.9. The maximum Gasteiger partial charge on any atom is 0.318 e. The van der Waals surface area contributed by atoms with E-state index in [4.69, 9.17) is 10.2 Å². The van der Waals surface area contributed by atoms with Crippen LogP contribution in [0.3, 0.4) is 0 Å². The van der Waals surface area contributed by atoms with E-state index in [9.17, 15) is 4.79 Å². The molecule has 2 heterocycles. The fourth-order valence-electron chi connectivity index (χ4n) is 2.03. The van der Waals surface area contributed by atoms with E-state index in [1.807, 2.05) is 25.7 Å². The van der Waals surface area contributed by atoms with E-state index in [2.05, 4.69) is 10.2 Å². The summed E-state index contributed by atoms with van der Waals surface area (Å²) in [5, 5.41) is 8.12. The zero-order valence-corrected chi connectivity index (χ0v) is 11.1. The molecule has 0 bridgehead atoms. The average Bonchev–Trinajstić information content (AvgIpc) is 2.78. The first-order chi connectivity index (χ1) is 8.38. The lowest BCUT2D eigenvalue weighted by molar-refractivity contribution is -0.122. The van der Waals surface area contributed by atoms with Crippen molar-refractivity contribution in [1.82, 2.24) is 10.2 Å². The molecule has 1 aliphatic rings. The lowest BCUT2D eigenvalue weighted by atomic mass is 9.97. The summed E-state index contributed by atoms with van der Waals surface area (Å²) in [6.45, 7) is 7.46. The van der Waals surface area contributed by atoms with E-state index >= 15 is 0 Å². The maximum absolute atomic E-state index is 11.2. The maximum atomic E-state index is 11.2. The number of hydrogen-bond acceptors (Lipinski definition) is 5. The van der Waals surface area contributed by atoms with Crippen molar-refractivity contribution in [3.05, 3.63) is 5.89 Å². The van der Waals surface area contributed by atoms with Crippen LogP contribution in [0.5, 0.6) is 0 Å². The Morgan fingerprint density at radius 3 is 2.72 bits per heavy atom. The van der Waals surface area contributed by atoms with Crippen LogP contribution in [0, 0.1) is 5.92 Å². The number of nitrogens with zero attached hydrogens (tertiary/aromatic N) is 3. The summed E-state index contributed by atoms with van der Waals surface area (Å²) in [7, 11) is 0. The molecular weight excluding hydrogens is 232 g/mol. The van der Waals surface area contributed by atoms with Gasteiger partial charge in [0, 0.05) is 18.5 Å². The van der Waals surface area contributed by atoms with Crippen LogP contribution in [0.25, 0.3) is 0 Å². The molecule has 6 nitrogen and oxygen atoms in total. The van der Waals surface area contributed by atoms with Crippen molar-refractivity contribution in [2.75, 3.05) is 18.0 Å². The molecular formula is C12H20N4O2. The van der Waals surface area contributed by atoms with E-state index in [1.54, 1.807) is 0 Å². The molecule has 0 aliphatic carbocycles. The molecule has 0 radical (unpaired) electrons. The van der Waals surface area contributed by atoms with Crippen molar-refractivity contribution in [3.63, 3.8) is 0 Å². The predicted molar refractivity (Wildman–Crippen MR) is 67.1 cm³/mol. The van der Waals surface area contributed by atoms with Gasteiger partial charge in [0.05, 0.1) is 5.92 Å². The van der Waals surface area contributed by atoms with Crippen LogP contribution < -0.4 is 10.6 Å². The zero-order valence-electron chi connectivity index (χ0n) is 11.1. The van der Waals surface area contributed by atoms with Gasteiger partial charge in [0.1, 0.15) is 0 Å². The van der Waals surface area contributed by atoms with E-state index in [0.29, 0.717) is 18.5 Å². The minimum absolute atomic E-state index is 0.122. The van der Waals surface area contributed by atoms with Gasteiger partial charge in [-0.1, -0.05) is 25.9 Å². The molecule has 1 aromatic rings. The fraction of sp³-hybridized carbons (Fsp3) is 0.750. The number of aromatic nitrogens is 2. The molecule has 2 rings (SSSR count). The minimum Gasteiger partial charge on any atom is -0.407 e. The molecule has 2 N–H and O–H groups in total. The first-order valence-corrected chi connectivity index (χ1v) is 6.26. The van der Waals surface area contributed by atoms with E-state index in [0.717, 1.165) is 19.4 Å². The summed E-state index contributed by atoms with van der Waals surface area (Å²) in [4.78, 5) is 13.2. The molecule has 0 saturated carbocycles. The van der Waals surface area contributed by atoms with Gasteiger partial charge in [-0.2, -0.15) is 0 Å². The SMILES string of the molecule is CC(C)(C)c1nnc(N2CCC[C@@H](C(N)=O)C2)o1. The fourth-order valence-corrected chi connectivity index (χ4v) is 2.03. The number of carbonyl (C=O) groups is 1. The van der Waals surface area contributed by atoms with E-state index in [1.165, 1.54) is 0 Å². The van der Waals surface area contributed by atoms with Gasteiger partial charge in [-0.3, -0.25) is 4.79 Å². The summed E-state index contributed by atoms with van der Waals surface area (Å²) in [6.07, 6.45) is 1.76. The molecule has 1 saturated heterocycles. The normalized spacial score (nSPS) is 21.1. The molecule has 0 unspecified atom stereocenters. The molecule has 1 fully saturated rings. The molecule has 18 heavy (non-hydrogen) atoms. The Morgan fingerprint density at radius 2 is 2.17 bits per heavy atom. The van der Waals surface area contributed by atoms with Gasteiger partial charge < -0.3 is 15.1 Å². The molecule has 1 aliphatic heterocycles. The average molecular weight is 252 g/mol. The second kappa shape index (κ2) is 4.59. The highest BCUT2D eigenvalue weighted by atomic mass is 16.4. The van der Waals surface area contributed by atoms with Gasteiger partial charge >= 0.3 is 6.01 Å². The third-order valence-electron chi connectivity index (χ3n) is 3.15. The van der Waals surface area contributed by atoms with Crippen LogP contribution in [-0.4, -0.2) is 29.2 Å². The minimum atomic E-state index is -0.254.